The van der Waals surface area contributed by atoms with E-state index in [0.717, 1.165) is 33.5 Å². The minimum atomic E-state index is -0.00693. The standard InChI is InChI=1S/C23H18N4O2/c1-29-18-3-5-19(15(7-18)9-24)17-6-16(11-26-12-17)14-2-4-20-21(8-14)22(10-25)27-13-23(20)28/h2-8,11-12H,10,13,25H2,1H3. The van der Waals surface area contributed by atoms with Crippen LogP contribution in [0.1, 0.15) is 21.5 Å². The molecular formula is C23H18N4O2. The number of hydrogen-bond acceptors (Lipinski definition) is 6. The lowest BCUT2D eigenvalue weighted by atomic mass is 9.92. The summed E-state index contributed by atoms with van der Waals surface area (Å²) >= 11 is 0. The summed E-state index contributed by atoms with van der Waals surface area (Å²) in [6.07, 6.45) is 3.48. The minimum absolute atomic E-state index is 0.00693. The van der Waals surface area contributed by atoms with Crippen LogP contribution in [0.4, 0.5) is 0 Å². The topological polar surface area (TPSA) is 101 Å². The summed E-state index contributed by atoms with van der Waals surface area (Å²) in [6.45, 7) is 0.420. The number of aromatic nitrogens is 1. The molecule has 6 nitrogen and oxygen atoms in total. The molecule has 2 N–H and O–H groups in total. The van der Waals surface area contributed by atoms with Crippen molar-refractivity contribution in [2.75, 3.05) is 20.2 Å². The molecule has 29 heavy (non-hydrogen) atoms. The number of nitrogens with zero attached hydrogens (tertiary/aromatic N) is 3. The number of fused-ring (bicyclic) bond motifs is 1. The number of nitrogens with two attached hydrogens (primary N) is 1. The Kier molecular flexibility index (Phi) is 4.90. The number of ketones is 1. The molecule has 2 aromatic carbocycles. The SMILES string of the molecule is COc1ccc(-c2cncc(-c3ccc4c(c3)C(CN)=NCC4=O)c2)c(C#N)c1. The largest absolute Gasteiger partial charge is 0.497 e. The van der Waals surface area contributed by atoms with Crippen molar-refractivity contribution in [2.24, 2.45) is 10.7 Å². The summed E-state index contributed by atoms with van der Waals surface area (Å²) < 4.78 is 5.21. The quantitative estimate of drug-likeness (QED) is 0.746. The average molecular weight is 382 g/mol. The van der Waals surface area contributed by atoms with E-state index in [1.54, 1.807) is 25.6 Å². The Hall–Kier alpha value is -3.82. The van der Waals surface area contributed by atoms with Gasteiger partial charge in [0.1, 0.15) is 12.3 Å². The Morgan fingerprint density at radius 2 is 1.83 bits per heavy atom. The second-order valence-electron chi connectivity index (χ2n) is 6.64. The van der Waals surface area contributed by atoms with Gasteiger partial charge < -0.3 is 10.5 Å². The smallest absolute Gasteiger partial charge is 0.184 e. The number of aliphatic imine (C=N–C) groups is 1. The van der Waals surface area contributed by atoms with Crippen LogP contribution in [0.5, 0.6) is 5.75 Å². The first-order chi connectivity index (χ1) is 14.1. The van der Waals surface area contributed by atoms with Crippen molar-refractivity contribution in [1.82, 2.24) is 4.98 Å². The molecule has 0 unspecified atom stereocenters. The van der Waals surface area contributed by atoms with Crippen LogP contribution in [0.2, 0.25) is 0 Å². The number of pyridine rings is 1. The third-order valence-corrected chi connectivity index (χ3v) is 4.97. The van der Waals surface area contributed by atoms with Gasteiger partial charge in [-0.2, -0.15) is 5.26 Å². The number of rotatable bonds is 4. The van der Waals surface area contributed by atoms with E-state index in [1.165, 1.54) is 0 Å². The lowest BCUT2D eigenvalue weighted by Gasteiger charge is -2.16. The van der Waals surface area contributed by atoms with Crippen molar-refractivity contribution in [1.29, 1.82) is 5.26 Å². The van der Waals surface area contributed by atoms with Crippen LogP contribution in [-0.4, -0.2) is 36.7 Å². The van der Waals surface area contributed by atoms with Gasteiger partial charge in [0, 0.05) is 46.8 Å². The molecule has 4 rings (SSSR count). The highest BCUT2D eigenvalue weighted by Gasteiger charge is 2.20. The molecule has 0 aliphatic carbocycles. The van der Waals surface area contributed by atoms with Gasteiger partial charge >= 0.3 is 0 Å². The third-order valence-electron chi connectivity index (χ3n) is 4.97. The van der Waals surface area contributed by atoms with Gasteiger partial charge in [0.2, 0.25) is 0 Å². The van der Waals surface area contributed by atoms with Crippen molar-refractivity contribution in [3.05, 3.63) is 71.5 Å². The molecule has 2 heterocycles. The Bertz CT molecular complexity index is 1190. The highest BCUT2D eigenvalue weighted by molar-refractivity contribution is 6.16. The summed E-state index contributed by atoms with van der Waals surface area (Å²) in [5.74, 6) is 0.620. The van der Waals surface area contributed by atoms with Crippen LogP contribution in [0, 0.1) is 11.3 Å². The fourth-order valence-corrected chi connectivity index (χ4v) is 3.46. The molecular weight excluding hydrogens is 364 g/mol. The maximum Gasteiger partial charge on any atom is 0.184 e. The normalized spacial score (nSPS) is 12.7. The van der Waals surface area contributed by atoms with Gasteiger partial charge in [0.05, 0.1) is 24.5 Å². The molecule has 6 heteroatoms. The van der Waals surface area contributed by atoms with Gasteiger partial charge in [-0.05, 0) is 35.9 Å². The van der Waals surface area contributed by atoms with E-state index in [-0.39, 0.29) is 18.9 Å². The molecule has 1 aromatic heterocycles. The first-order valence-corrected chi connectivity index (χ1v) is 9.09. The fraction of sp³-hybridized carbons (Fsp3) is 0.130. The predicted octanol–water partition coefficient (Wildman–Crippen LogP) is 3.24. The summed E-state index contributed by atoms with van der Waals surface area (Å²) in [4.78, 5) is 20.8. The zero-order valence-electron chi connectivity index (χ0n) is 15.8. The van der Waals surface area contributed by atoms with Crippen LogP contribution in [0.15, 0.2) is 59.9 Å². The average Bonchev–Trinajstić information content (AvgIpc) is 2.78. The highest BCUT2D eigenvalue weighted by Crippen LogP contribution is 2.31. The highest BCUT2D eigenvalue weighted by atomic mass is 16.5. The summed E-state index contributed by atoms with van der Waals surface area (Å²) in [6, 6.07) is 15.2. The third kappa shape index (κ3) is 3.40. The molecule has 1 aliphatic rings. The summed E-state index contributed by atoms with van der Waals surface area (Å²) in [7, 11) is 1.57. The number of Topliss-reactive ketones (excluding diaryl/α,β-unsaturated/α-hetero) is 1. The van der Waals surface area contributed by atoms with Crippen LogP contribution in [-0.2, 0) is 0 Å². The first-order valence-electron chi connectivity index (χ1n) is 9.09. The van der Waals surface area contributed by atoms with Crippen molar-refractivity contribution < 1.29 is 9.53 Å². The maximum absolute atomic E-state index is 12.2. The van der Waals surface area contributed by atoms with E-state index in [9.17, 15) is 10.1 Å². The Labute approximate surface area is 168 Å². The van der Waals surface area contributed by atoms with Crippen LogP contribution in [0.25, 0.3) is 22.3 Å². The second kappa shape index (κ2) is 7.66. The van der Waals surface area contributed by atoms with Gasteiger partial charge in [-0.15, -0.1) is 0 Å². The lowest BCUT2D eigenvalue weighted by molar-refractivity contribution is 0.1000. The Morgan fingerprint density at radius 1 is 1.03 bits per heavy atom. The molecule has 142 valence electrons. The number of carbonyl (C=O) groups is 1. The molecule has 0 atom stereocenters. The minimum Gasteiger partial charge on any atom is -0.497 e. The molecule has 0 amide bonds. The van der Waals surface area contributed by atoms with E-state index in [0.29, 0.717) is 16.9 Å². The second-order valence-corrected chi connectivity index (χ2v) is 6.64. The van der Waals surface area contributed by atoms with Gasteiger partial charge in [-0.25, -0.2) is 0 Å². The van der Waals surface area contributed by atoms with E-state index >= 15 is 0 Å². The van der Waals surface area contributed by atoms with E-state index in [2.05, 4.69) is 16.0 Å². The van der Waals surface area contributed by atoms with E-state index in [1.807, 2.05) is 36.4 Å². The van der Waals surface area contributed by atoms with Crippen LogP contribution in [0.3, 0.4) is 0 Å². The van der Waals surface area contributed by atoms with Gasteiger partial charge in [0.25, 0.3) is 0 Å². The van der Waals surface area contributed by atoms with E-state index in [4.69, 9.17) is 10.5 Å². The lowest BCUT2D eigenvalue weighted by Crippen LogP contribution is -2.24. The molecule has 0 fully saturated rings. The molecule has 0 bridgehead atoms. The summed E-state index contributed by atoms with van der Waals surface area (Å²) in [5.41, 5.74) is 11.9. The van der Waals surface area contributed by atoms with Crippen molar-refractivity contribution in [2.45, 2.75) is 0 Å². The number of hydrogen-bond donors (Lipinski definition) is 1. The van der Waals surface area contributed by atoms with Crippen LogP contribution >= 0.6 is 0 Å². The zero-order chi connectivity index (χ0) is 20.4. The zero-order valence-corrected chi connectivity index (χ0v) is 15.8. The number of ether oxygens (including phenoxy) is 1. The molecule has 0 radical (unpaired) electrons. The molecule has 3 aromatic rings. The number of carbonyl (C=O) groups excluding carboxylic acids is 1. The molecule has 1 aliphatic heterocycles. The Morgan fingerprint density at radius 3 is 2.59 bits per heavy atom. The first kappa shape index (κ1) is 18.5. The summed E-state index contributed by atoms with van der Waals surface area (Å²) in [5, 5.41) is 9.52. The van der Waals surface area contributed by atoms with Crippen molar-refractivity contribution >= 4 is 11.5 Å². The van der Waals surface area contributed by atoms with Gasteiger partial charge in [0.15, 0.2) is 5.78 Å². The van der Waals surface area contributed by atoms with Gasteiger partial charge in [-0.3, -0.25) is 14.8 Å². The van der Waals surface area contributed by atoms with Crippen molar-refractivity contribution in [3.8, 4) is 34.1 Å². The molecule has 0 saturated heterocycles. The molecule has 0 saturated carbocycles. The molecule has 0 spiro atoms. The van der Waals surface area contributed by atoms with Crippen LogP contribution < -0.4 is 10.5 Å². The number of methoxy groups -OCH3 is 1. The Balaban J connectivity index is 1.79. The van der Waals surface area contributed by atoms with Crippen molar-refractivity contribution in [3.63, 3.8) is 0 Å². The van der Waals surface area contributed by atoms with E-state index < -0.39 is 0 Å². The van der Waals surface area contributed by atoms with Gasteiger partial charge in [-0.1, -0.05) is 12.1 Å². The fourth-order valence-electron chi connectivity index (χ4n) is 3.46. The predicted molar refractivity (Wildman–Crippen MR) is 111 cm³/mol. The number of benzene rings is 2. The maximum atomic E-state index is 12.2. The number of nitriles is 1. The monoisotopic (exact) mass is 382 g/mol.